The Hall–Kier alpha value is -1.83. The molecule has 0 atom stereocenters. The van der Waals surface area contributed by atoms with Crippen molar-refractivity contribution in [1.29, 1.82) is 0 Å². The van der Waals surface area contributed by atoms with Crippen molar-refractivity contribution in [2.75, 3.05) is 47.0 Å². The van der Waals surface area contributed by atoms with Gasteiger partial charge in [0, 0.05) is 33.7 Å². The van der Waals surface area contributed by atoms with Crippen molar-refractivity contribution >= 4 is 18.0 Å². The van der Waals surface area contributed by atoms with Gasteiger partial charge < -0.3 is 24.4 Å². The van der Waals surface area contributed by atoms with Crippen LogP contribution in [0.4, 0.5) is 4.79 Å². The number of nitrogens with zero attached hydrogens (tertiary/aromatic N) is 2. The van der Waals surface area contributed by atoms with Gasteiger partial charge in [-0.25, -0.2) is 4.79 Å². The van der Waals surface area contributed by atoms with Crippen LogP contribution in [0.25, 0.3) is 0 Å². The van der Waals surface area contributed by atoms with E-state index in [0.717, 1.165) is 0 Å². The van der Waals surface area contributed by atoms with E-state index in [1.807, 2.05) is 0 Å². The molecule has 0 aromatic carbocycles. The first-order valence-corrected chi connectivity index (χ1v) is 6.78. The summed E-state index contributed by atoms with van der Waals surface area (Å²) in [6.45, 7) is 2.65. The number of carbonyl (C=O) groups is 3. The molecule has 0 saturated heterocycles. The molecule has 0 bridgehead atoms. The van der Waals surface area contributed by atoms with E-state index >= 15 is 0 Å². The molecule has 0 aromatic heterocycles. The maximum Gasteiger partial charge on any atom is 0.325 e. The van der Waals surface area contributed by atoms with Crippen molar-refractivity contribution in [2.24, 2.45) is 0 Å². The van der Waals surface area contributed by atoms with Crippen molar-refractivity contribution in [2.45, 2.75) is 19.8 Å². The highest BCUT2D eigenvalue weighted by Crippen LogP contribution is 2.01. The van der Waals surface area contributed by atoms with E-state index in [2.05, 4.69) is 0 Å². The smallest absolute Gasteiger partial charge is 0.325 e. The molecule has 0 saturated carbocycles. The highest BCUT2D eigenvalue weighted by molar-refractivity contribution is 5.81. The van der Waals surface area contributed by atoms with Gasteiger partial charge in [0.15, 0.2) is 0 Å². The van der Waals surface area contributed by atoms with Crippen molar-refractivity contribution in [3.63, 3.8) is 0 Å². The Morgan fingerprint density at radius 2 is 1.86 bits per heavy atom. The number of hydrogen-bond donors (Lipinski definition) is 1. The molecule has 8 heteroatoms. The van der Waals surface area contributed by atoms with Crippen LogP contribution in [-0.2, 0) is 19.1 Å². The van der Waals surface area contributed by atoms with E-state index in [0.29, 0.717) is 19.6 Å². The van der Waals surface area contributed by atoms with Crippen LogP contribution in [0.1, 0.15) is 19.8 Å². The number of methoxy groups -OCH3 is 1. The van der Waals surface area contributed by atoms with Gasteiger partial charge in [0.2, 0.25) is 0 Å². The minimum absolute atomic E-state index is 0.00638. The average Bonchev–Trinajstić information content (AvgIpc) is 2.42. The van der Waals surface area contributed by atoms with Crippen LogP contribution in [-0.4, -0.2) is 79.9 Å². The molecule has 0 fully saturated rings. The maximum absolute atomic E-state index is 12.2. The van der Waals surface area contributed by atoms with Crippen molar-refractivity contribution < 1.29 is 29.0 Å². The molecular formula is C13H24N2O6. The number of carboxylic acid groups (broad SMARTS) is 1. The monoisotopic (exact) mass is 304 g/mol. The lowest BCUT2D eigenvalue weighted by Gasteiger charge is -2.27. The fraction of sp³-hybridized carbons (Fsp3) is 0.769. The average molecular weight is 304 g/mol. The Kier molecular flexibility index (Phi) is 9.95. The molecule has 0 unspecified atom stereocenters. The van der Waals surface area contributed by atoms with Crippen LogP contribution in [0.15, 0.2) is 0 Å². The highest BCUT2D eigenvalue weighted by atomic mass is 16.5. The molecule has 0 aliphatic heterocycles. The van der Waals surface area contributed by atoms with Crippen LogP contribution >= 0.6 is 0 Å². The van der Waals surface area contributed by atoms with Gasteiger partial charge in [-0.1, -0.05) is 0 Å². The van der Waals surface area contributed by atoms with Crippen LogP contribution in [0, 0.1) is 0 Å². The highest BCUT2D eigenvalue weighted by Gasteiger charge is 2.21. The minimum Gasteiger partial charge on any atom is -0.481 e. The van der Waals surface area contributed by atoms with Crippen molar-refractivity contribution in [3.05, 3.63) is 0 Å². The minimum atomic E-state index is -0.904. The van der Waals surface area contributed by atoms with Gasteiger partial charge in [-0.2, -0.15) is 0 Å². The zero-order chi connectivity index (χ0) is 16.3. The quantitative estimate of drug-likeness (QED) is 0.587. The topological polar surface area (TPSA) is 96.4 Å². The van der Waals surface area contributed by atoms with E-state index in [-0.39, 0.29) is 32.1 Å². The summed E-state index contributed by atoms with van der Waals surface area (Å²) in [4.78, 5) is 36.9. The van der Waals surface area contributed by atoms with E-state index in [1.165, 1.54) is 16.9 Å². The lowest BCUT2D eigenvalue weighted by atomic mass is 10.3. The number of esters is 1. The summed E-state index contributed by atoms with van der Waals surface area (Å²) < 4.78 is 9.74. The number of ether oxygens (including phenoxy) is 2. The Morgan fingerprint density at radius 3 is 2.38 bits per heavy atom. The molecule has 0 aromatic rings. The molecule has 2 amide bonds. The molecule has 0 aliphatic rings. The number of carboxylic acids is 1. The molecule has 21 heavy (non-hydrogen) atoms. The summed E-state index contributed by atoms with van der Waals surface area (Å²) in [6, 6.07) is -0.356. The summed E-state index contributed by atoms with van der Waals surface area (Å²) in [5, 5.41) is 8.58. The van der Waals surface area contributed by atoms with Crippen LogP contribution in [0.5, 0.6) is 0 Å². The second kappa shape index (κ2) is 10.9. The van der Waals surface area contributed by atoms with Crippen molar-refractivity contribution in [3.8, 4) is 0 Å². The fourth-order valence-corrected chi connectivity index (χ4v) is 1.61. The second-order valence-corrected chi connectivity index (χ2v) is 4.42. The maximum atomic E-state index is 12.2. The Labute approximate surface area is 124 Å². The predicted molar refractivity (Wildman–Crippen MR) is 75.0 cm³/mol. The molecule has 0 radical (unpaired) electrons. The number of aliphatic carboxylic acids is 1. The van der Waals surface area contributed by atoms with E-state index < -0.39 is 11.9 Å². The summed E-state index contributed by atoms with van der Waals surface area (Å²) in [7, 11) is 3.07. The van der Waals surface area contributed by atoms with E-state index in [9.17, 15) is 14.4 Å². The van der Waals surface area contributed by atoms with Gasteiger partial charge >= 0.3 is 18.0 Å². The number of urea groups is 1. The third-order valence-electron chi connectivity index (χ3n) is 2.67. The first-order chi connectivity index (χ1) is 9.92. The lowest BCUT2D eigenvalue weighted by molar-refractivity contribution is -0.144. The Morgan fingerprint density at radius 1 is 1.19 bits per heavy atom. The number of carbonyl (C=O) groups excluding carboxylic acids is 2. The zero-order valence-corrected chi connectivity index (χ0v) is 12.8. The predicted octanol–water partition coefficient (Wildman–Crippen LogP) is 0.415. The van der Waals surface area contributed by atoms with Crippen LogP contribution in [0.2, 0.25) is 0 Å². The summed E-state index contributed by atoms with van der Waals surface area (Å²) in [5.41, 5.74) is 0. The summed E-state index contributed by atoms with van der Waals surface area (Å²) in [6.07, 6.45) is 0.350. The first-order valence-electron chi connectivity index (χ1n) is 6.78. The summed E-state index contributed by atoms with van der Waals surface area (Å²) >= 11 is 0. The molecule has 122 valence electrons. The van der Waals surface area contributed by atoms with Gasteiger partial charge in [-0.05, 0) is 13.3 Å². The van der Waals surface area contributed by atoms with Gasteiger partial charge in [0.25, 0.3) is 0 Å². The van der Waals surface area contributed by atoms with Crippen molar-refractivity contribution in [1.82, 2.24) is 9.80 Å². The van der Waals surface area contributed by atoms with Crippen LogP contribution in [0.3, 0.4) is 0 Å². The van der Waals surface area contributed by atoms with Gasteiger partial charge in [-0.15, -0.1) is 0 Å². The number of hydrogen-bond acceptors (Lipinski definition) is 5. The normalized spacial score (nSPS) is 10.0. The Bertz CT molecular complexity index is 348. The third kappa shape index (κ3) is 8.85. The van der Waals surface area contributed by atoms with Gasteiger partial charge in [0.05, 0.1) is 13.2 Å². The Balaban J connectivity index is 4.46. The second-order valence-electron chi connectivity index (χ2n) is 4.42. The number of amides is 2. The standard InChI is InChI=1S/C13H24N2O6/c1-4-21-12(18)10-15(8-9-20-3)13(19)14(2)7-5-6-11(16)17/h4-10H2,1-3H3,(H,16,17). The third-order valence-corrected chi connectivity index (χ3v) is 2.67. The molecule has 0 rings (SSSR count). The molecule has 8 nitrogen and oxygen atoms in total. The first kappa shape index (κ1) is 19.2. The molecule has 0 aliphatic carbocycles. The molecule has 0 spiro atoms. The van der Waals surface area contributed by atoms with Crippen LogP contribution < -0.4 is 0 Å². The fourth-order valence-electron chi connectivity index (χ4n) is 1.61. The lowest BCUT2D eigenvalue weighted by Crippen LogP contribution is -2.45. The molecule has 1 N–H and O–H groups in total. The van der Waals surface area contributed by atoms with Gasteiger partial charge in [0.1, 0.15) is 6.54 Å². The number of rotatable bonds is 10. The largest absolute Gasteiger partial charge is 0.481 e. The molecular weight excluding hydrogens is 280 g/mol. The zero-order valence-electron chi connectivity index (χ0n) is 12.8. The van der Waals surface area contributed by atoms with E-state index in [1.54, 1.807) is 14.0 Å². The molecule has 0 heterocycles. The van der Waals surface area contributed by atoms with Gasteiger partial charge in [-0.3, -0.25) is 9.59 Å². The van der Waals surface area contributed by atoms with E-state index in [4.69, 9.17) is 14.6 Å². The SMILES string of the molecule is CCOC(=O)CN(CCOC)C(=O)N(C)CCCC(=O)O. The summed E-state index contributed by atoms with van der Waals surface area (Å²) in [5.74, 6) is -1.39.